The highest BCUT2D eigenvalue weighted by molar-refractivity contribution is 8.01. The van der Waals surface area contributed by atoms with Crippen molar-refractivity contribution in [1.29, 1.82) is 0 Å². The molecule has 1 saturated heterocycles. The molecule has 6 nitrogen and oxygen atoms in total. The van der Waals surface area contributed by atoms with Gasteiger partial charge < -0.3 is 19.7 Å². The Balaban J connectivity index is 2.08. The lowest BCUT2D eigenvalue weighted by atomic mass is 10.0. The highest BCUT2D eigenvalue weighted by Crippen LogP contribution is 2.58. The molecule has 2 aliphatic rings. The number of nitrogens with zero attached hydrogens (tertiary/aromatic N) is 1. The number of hydrogen-bond acceptors (Lipinski definition) is 5. The number of nitrogens with one attached hydrogen (secondary N) is 1. The second kappa shape index (κ2) is 6.12. The van der Waals surface area contributed by atoms with E-state index >= 15 is 0 Å². The smallest absolute Gasteiger partial charge is 0.260 e. The monoisotopic (exact) mass is 364 g/mol. The van der Waals surface area contributed by atoms with Crippen molar-refractivity contribution >= 4 is 23.6 Å². The van der Waals surface area contributed by atoms with Crippen LogP contribution in [0, 0.1) is 0 Å². The van der Waals surface area contributed by atoms with Gasteiger partial charge in [-0.15, -0.1) is 11.8 Å². The van der Waals surface area contributed by atoms with Crippen LogP contribution in [0.3, 0.4) is 0 Å². The van der Waals surface area contributed by atoms with Crippen LogP contribution in [0.2, 0.25) is 0 Å². The summed E-state index contributed by atoms with van der Waals surface area (Å²) in [6.45, 7) is 7.85. The van der Waals surface area contributed by atoms with E-state index in [0.717, 1.165) is 5.56 Å². The fourth-order valence-electron chi connectivity index (χ4n) is 3.62. The van der Waals surface area contributed by atoms with Gasteiger partial charge in [-0.2, -0.15) is 0 Å². The summed E-state index contributed by atoms with van der Waals surface area (Å²) in [5, 5.41) is 2.76. The molecule has 1 aromatic rings. The number of benzene rings is 1. The highest BCUT2D eigenvalue weighted by atomic mass is 32.2. The fraction of sp³-hybridized carbons (Fsp3) is 0.556. The quantitative estimate of drug-likeness (QED) is 0.889. The molecule has 2 atom stereocenters. The second-order valence-corrected chi connectivity index (χ2v) is 8.85. The first-order valence-corrected chi connectivity index (χ1v) is 9.16. The molecular formula is C18H24N2O4S. The number of amides is 2. The summed E-state index contributed by atoms with van der Waals surface area (Å²) in [5.41, 5.74) is 1.37. The predicted octanol–water partition coefficient (Wildman–Crippen LogP) is 2.58. The van der Waals surface area contributed by atoms with Crippen molar-refractivity contribution in [2.75, 3.05) is 14.2 Å². The van der Waals surface area contributed by atoms with E-state index in [1.165, 1.54) is 7.11 Å². The van der Waals surface area contributed by atoms with Crippen LogP contribution in [-0.4, -0.2) is 47.8 Å². The molecular weight excluding hydrogens is 340 g/mol. The lowest BCUT2D eigenvalue weighted by Gasteiger charge is -2.30. The Morgan fingerprint density at radius 1 is 1.28 bits per heavy atom. The minimum Gasteiger partial charge on any atom is -0.493 e. The maximum absolute atomic E-state index is 13.2. The van der Waals surface area contributed by atoms with Crippen LogP contribution in [-0.2, 0) is 4.79 Å². The highest BCUT2D eigenvalue weighted by Gasteiger charge is 2.58. The van der Waals surface area contributed by atoms with E-state index in [2.05, 4.69) is 5.32 Å². The van der Waals surface area contributed by atoms with Gasteiger partial charge in [-0.3, -0.25) is 9.59 Å². The number of methoxy groups -OCH3 is 2. The van der Waals surface area contributed by atoms with Crippen molar-refractivity contribution in [3.63, 3.8) is 0 Å². The Kier molecular flexibility index (Phi) is 4.39. The third-order valence-corrected chi connectivity index (χ3v) is 6.11. The topological polar surface area (TPSA) is 67.9 Å². The van der Waals surface area contributed by atoms with Crippen LogP contribution in [0.1, 0.15) is 49.0 Å². The van der Waals surface area contributed by atoms with E-state index in [9.17, 15) is 9.59 Å². The van der Waals surface area contributed by atoms with Gasteiger partial charge in [0.05, 0.1) is 19.8 Å². The number of ether oxygens (including phenoxy) is 2. The normalized spacial score (nSPS) is 23.5. The summed E-state index contributed by atoms with van der Waals surface area (Å²) in [5.74, 6) is 0.642. The molecule has 0 bridgehead atoms. The molecule has 1 aromatic carbocycles. The molecule has 0 aliphatic carbocycles. The SMILES string of the molecule is COc1ccc2c(c1OC)C(=O)N1C2SC(C)(C)[C@H]1C(=O)NC(C)C. The van der Waals surface area contributed by atoms with E-state index in [1.54, 1.807) is 23.8 Å². The number of rotatable bonds is 4. The van der Waals surface area contributed by atoms with Crippen LogP contribution in [0.15, 0.2) is 12.1 Å². The van der Waals surface area contributed by atoms with Gasteiger partial charge >= 0.3 is 0 Å². The van der Waals surface area contributed by atoms with Crippen LogP contribution in [0.5, 0.6) is 11.5 Å². The summed E-state index contributed by atoms with van der Waals surface area (Å²) in [6, 6.07) is 3.18. The molecule has 0 aromatic heterocycles. The molecule has 1 N–H and O–H groups in total. The minimum atomic E-state index is -0.541. The lowest BCUT2D eigenvalue weighted by Crippen LogP contribution is -2.53. The zero-order valence-corrected chi connectivity index (χ0v) is 16.2. The summed E-state index contributed by atoms with van der Waals surface area (Å²) >= 11 is 1.63. The predicted molar refractivity (Wildman–Crippen MR) is 97.2 cm³/mol. The average Bonchev–Trinajstić information content (AvgIpc) is 2.96. The van der Waals surface area contributed by atoms with Crippen molar-refractivity contribution < 1.29 is 19.1 Å². The van der Waals surface area contributed by atoms with E-state index in [1.807, 2.05) is 39.8 Å². The Hall–Kier alpha value is -1.89. The van der Waals surface area contributed by atoms with Crippen LogP contribution in [0.4, 0.5) is 0 Å². The summed E-state index contributed by atoms with van der Waals surface area (Å²) in [4.78, 5) is 27.7. The standard InChI is InChI=1S/C18H24N2O4S/c1-9(2)19-15(21)14-18(3,4)25-17-10-7-8-11(23-5)13(24-6)12(10)16(22)20(14)17/h7-9,14,17H,1-6H3,(H,19,21)/t14-,17?/m1/s1. The summed E-state index contributed by atoms with van der Waals surface area (Å²) in [7, 11) is 3.07. The van der Waals surface area contributed by atoms with Crippen LogP contribution < -0.4 is 14.8 Å². The van der Waals surface area contributed by atoms with Crippen molar-refractivity contribution in [3.05, 3.63) is 23.3 Å². The van der Waals surface area contributed by atoms with Crippen molar-refractivity contribution in [2.24, 2.45) is 0 Å². The lowest BCUT2D eigenvalue weighted by molar-refractivity contribution is -0.126. The Labute approximate surface area is 152 Å². The molecule has 136 valence electrons. The Morgan fingerprint density at radius 3 is 2.52 bits per heavy atom. The van der Waals surface area contributed by atoms with Gasteiger partial charge in [-0.05, 0) is 33.8 Å². The fourth-order valence-corrected chi connectivity index (χ4v) is 5.20. The Bertz CT molecular complexity index is 732. The molecule has 2 heterocycles. The first-order valence-electron chi connectivity index (χ1n) is 8.28. The molecule has 0 saturated carbocycles. The number of fused-ring (bicyclic) bond motifs is 3. The summed E-state index contributed by atoms with van der Waals surface area (Å²) < 4.78 is 10.4. The maximum Gasteiger partial charge on any atom is 0.260 e. The molecule has 1 fully saturated rings. The minimum absolute atomic E-state index is 0.0158. The molecule has 0 radical (unpaired) electrons. The van der Waals surface area contributed by atoms with Gasteiger partial charge in [0.15, 0.2) is 11.5 Å². The van der Waals surface area contributed by atoms with Gasteiger partial charge in [0.1, 0.15) is 11.4 Å². The molecule has 7 heteroatoms. The molecule has 2 aliphatic heterocycles. The molecule has 2 amide bonds. The van der Waals surface area contributed by atoms with Crippen molar-refractivity contribution in [2.45, 2.75) is 49.9 Å². The number of carbonyl (C=O) groups is 2. The van der Waals surface area contributed by atoms with Gasteiger partial charge in [0.2, 0.25) is 5.91 Å². The van der Waals surface area contributed by atoms with Gasteiger partial charge in [-0.25, -0.2) is 0 Å². The van der Waals surface area contributed by atoms with Crippen molar-refractivity contribution in [1.82, 2.24) is 10.2 Å². The number of carbonyl (C=O) groups excluding carboxylic acids is 2. The maximum atomic E-state index is 13.2. The molecule has 0 spiro atoms. The number of thioether (sulfide) groups is 1. The van der Waals surface area contributed by atoms with E-state index in [4.69, 9.17) is 9.47 Å². The second-order valence-electron chi connectivity index (χ2n) is 7.12. The van der Waals surface area contributed by atoms with Gasteiger partial charge in [-0.1, -0.05) is 6.07 Å². The van der Waals surface area contributed by atoms with Crippen LogP contribution >= 0.6 is 11.8 Å². The van der Waals surface area contributed by atoms with Crippen molar-refractivity contribution in [3.8, 4) is 11.5 Å². The molecule has 1 unspecified atom stereocenters. The van der Waals surface area contributed by atoms with E-state index in [-0.39, 0.29) is 28.0 Å². The van der Waals surface area contributed by atoms with Gasteiger partial charge in [0.25, 0.3) is 5.91 Å². The molecule has 3 rings (SSSR count). The Morgan fingerprint density at radius 2 is 1.96 bits per heavy atom. The van der Waals surface area contributed by atoms with Gasteiger partial charge in [0, 0.05) is 16.4 Å². The first kappa shape index (κ1) is 17.9. The first-order chi connectivity index (χ1) is 11.7. The average molecular weight is 364 g/mol. The summed E-state index contributed by atoms with van der Waals surface area (Å²) in [6.07, 6.45) is 0. The largest absolute Gasteiger partial charge is 0.493 e. The third-order valence-electron chi connectivity index (χ3n) is 4.58. The number of hydrogen-bond donors (Lipinski definition) is 1. The van der Waals surface area contributed by atoms with E-state index in [0.29, 0.717) is 17.1 Å². The third kappa shape index (κ3) is 2.65. The zero-order chi connectivity index (χ0) is 18.5. The molecule has 25 heavy (non-hydrogen) atoms. The van der Waals surface area contributed by atoms with Crippen LogP contribution in [0.25, 0.3) is 0 Å². The van der Waals surface area contributed by atoms with E-state index < -0.39 is 6.04 Å². The zero-order valence-electron chi connectivity index (χ0n) is 15.4.